The first kappa shape index (κ1) is 10.4. The van der Waals surface area contributed by atoms with Gasteiger partial charge in [0.1, 0.15) is 0 Å². The first-order valence-corrected chi connectivity index (χ1v) is 5.21. The van der Waals surface area contributed by atoms with Crippen LogP contribution in [0.5, 0.6) is 0 Å². The van der Waals surface area contributed by atoms with E-state index in [1.54, 1.807) is 12.4 Å². The highest BCUT2D eigenvalue weighted by Crippen LogP contribution is 2.16. The van der Waals surface area contributed by atoms with Gasteiger partial charge >= 0.3 is 0 Å². The number of nitrogens with zero attached hydrogens (tertiary/aromatic N) is 2. The third kappa shape index (κ3) is 2.67. The van der Waals surface area contributed by atoms with Gasteiger partial charge in [-0.05, 0) is 17.7 Å². The lowest BCUT2D eigenvalue weighted by atomic mass is 10.1. The third-order valence-electron chi connectivity index (χ3n) is 2.01. The zero-order chi connectivity index (χ0) is 10.7. The fourth-order valence-corrected chi connectivity index (χ4v) is 1.56. The molecule has 1 aromatic carbocycles. The number of aromatic nitrogens is 2. The van der Waals surface area contributed by atoms with Crippen LogP contribution in [0.4, 0.5) is 0 Å². The molecule has 76 valence electrons. The monoisotopic (exact) mass is 238 g/mol. The van der Waals surface area contributed by atoms with Crippen LogP contribution in [0.3, 0.4) is 0 Å². The molecule has 0 saturated carbocycles. The van der Waals surface area contributed by atoms with E-state index in [0.717, 1.165) is 16.3 Å². The lowest BCUT2D eigenvalue weighted by Gasteiger charge is -2.02. The van der Waals surface area contributed by atoms with Crippen molar-refractivity contribution in [2.24, 2.45) is 0 Å². The predicted octanol–water partition coefficient (Wildman–Crippen LogP) is 3.37. The van der Waals surface area contributed by atoms with E-state index in [0.29, 0.717) is 11.6 Å². The average molecular weight is 239 g/mol. The molecule has 0 unspecified atom stereocenters. The first-order valence-electron chi connectivity index (χ1n) is 4.45. The molecule has 0 spiro atoms. The first-order chi connectivity index (χ1) is 7.25. The van der Waals surface area contributed by atoms with Gasteiger partial charge in [-0.15, -0.1) is 0 Å². The summed E-state index contributed by atoms with van der Waals surface area (Å²) >= 11 is 11.7. The van der Waals surface area contributed by atoms with Crippen LogP contribution >= 0.6 is 23.2 Å². The minimum absolute atomic E-state index is 0.451. The topological polar surface area (TPSA) is 25.8 Å². The number of hydrogen-bond donors (Lipinski definition) is 0. The van der Waals surface area contributed by atoms with E-state index >= 15 is 0 Å². The Hall–Kier alpha value is -1.12. The van der Waals surface area contributed by atoms with Crippen LogP contribution in [-0.4, -0.2) is 9.97 Å². The average Bonchev–Trinajstić information content (AvgIpc) is 2.25. The third-order valence-corrected chi connectivity index (χ3v) is 2.58. The Morgan fingerprint density at radius 1 is 0.933 bits per heavy atom. The number of hydrogen-bond acceptors (Lipinski definition) is 2. The molecule has 0 atom stereocenters. The van der Waals surface area contributed by atoms with E-state index in [9.17, 15) is 0 Å². The zero-order valence-corrected chi connectivity index (χ0v) is 9.33. The summed E-state index contributed by atoms with van der Waals surface area (Å²) in [5.74, 6) is 0. The zero-order valence-electron chi connectivity index (χ0n) is 7.82. The van der Waals surface area contributed by atoms with Crippen LogP contribution in [0.1, 0.15) is 11.3 Å². The van der Waals surface area contributed by atoms with E-state index in [1.165, 1.54) is 0 Å². The van der Waals surface area contributed by atoms with Crippen LogP contribution in [-0.2, 0) is 6.42 Å². The van der Waals surface area contributed by atoms with Crippen molar-refractivity contribution in [1.29, 1.82) is 0 Å². The molecule has 1 heterocycles. The summed E-state index contributed by atoms with van der Waals surface area (Å²) in [5, 5.41) is 1.18. The van der Waals surface area contributed by atoms with Gasteiger partial charge in [-0.25, -0.2) is 4.98 Å². The van der Waals surface area contributed by atoms with Crippen LogP contribution in [0.25, 0.3) is 0 Å². The second-order valence-electron chi connectivity index (χ2n) is 3.10. The van der Waals surface area contributed by atoms with Crippen molar-refractivity contribution in [2.75, 3.05) is 0 Å². The maximum Gasteiger partial charge on any atom is 0.150 e. The van der Waals surface area contributed by atoms with E-state index in [1.807, 2.05) is 24.3 Å². The molecule has 0 aliphatic heterocycles. The van der Waals surface area contributed by atoms with Crippen LogP contribution in [0, 0.1) is 0 Å². The summed E-state index contributed by atoms with van der Waals surface area (Å²) in [6.45, 7) is 0. The highest BCUT2D eigenvalue weighted by molar-refractivity contribution is 6.30. The van der Waals surface area contributed by atoms with Gasteiger partial charge < -0.3 is 0 Å². The standard InChI is InChI=1S/C11H8Cl2N2/c12-9-3-1-8(2-4-9)7-10-11(13)15-6-5-14-10/h1-6H,7H2. The van der Waals surface area contributed by atoms with Gasteiger partial charge in [0, 0.05) is 23.8 Å². The van der Waals surface area contributed by atoms with Crippen molar-refractivity contribution >= 4 is 23.2 Å². The summed E-state index contributed by atoms with van der Waals surface area (Å²) < 4.78 is 0. The Bertz CT molecular complexity index is 454. The number of benzene rings is 1. The van der Waals surface area contributed by atoms with Gasteiger partial charge in [0.15, 0.2) is 5.15 Å². The Kier molecular flexibility index (Phi) is 3.19. The minimum atomic E-state index is 0.451. The molecule has 2 rings (SSSR count). The van der Waals surface area contributed by atoms with E-state index in [2.05, 4.69) is 9.97 Å². The summed E-state index contributed by atoms with van der Waals surface area (Å²) in [6.07, 6.45) is 3.88. The second-order valence-corrected chi connectivity index (χ2v) is 3.89. The van der Waals surface area contributed by atoms with Crippen molar-refractivity contribution in [2.45, 2.75) is 6.42 Å². The molecule has 0 aliphatic rings. The second kappa shape index (κ2) is 4.60. The Balaban J connectivity index is 2.22. The minimum Gasteiger partial charge on any atom is -0.256 e. The molecule has 2 nitrogen and oxygen atoms in total. The smallest absolute Gasteiger partial charge is 0.150 e. The van der Waals surface area contributed by atoms with Crippen LogP contribution in [0.15, 0.2) is 36.7 Å². The molecule has 4 heteroatoms. The summed E-state index contributed by atoms with van der Waals surface area (Å²) in [7, 11) is 0. The molecular formula is C11H8Cl2N2. The molecule has 0 radical (unpaired) electrons. The largest absolute Gasteiger partial charge is 0.256 e. The maximum absolute atomic E-state index is 5.91. The van der Waals surface area contributed by atoms with Gasteiger partial charge in [0.25, 0.3) is 0 Å². The highest BCUT2D eigenvalue weighted by atomic mass is 35.5. The Labute approximate surface area is 97.9 Å². The SMILES string of the molecule is Clc1ccc(Cc2nccnc2Cl)cc1. The van der Waals surface area contributed by atoms with Crippen molar-refractivity contribution in [3.63, 3.8) is 0 Å². The van der Waals surface area contributed by atoms with Crippen molar-refractivity contribution in [3.8, 4) is 0 Å². The molecular weight excluding hydrogens is 231 g/mol. The fourth-order valence-electron chi connectivity index (χ4n) is 1.26. The van der Waals surface area contributed by atoms with Gasteiger partial charge in [0.05, 0.1) is 5.69 Å². The van der Waals surface area contributed by atoms with Crippen LogP contribution < -0.4 is 0 Å². The molecule has 1 aromatic heterocycles. The highest BCUT2D eigenvalue weighted by Gasteiger charge is 2.03. The van der Waals surface area contributed by atoms with E-state index in [4.69, 9.17) is 23.2 Å². The predicted molar refractivity (Wildman–Crippen MR) is 61.3 cm³/mol. The molecule has 0 saturated heterocycles. The summed E-state index contributed by atoms with van der Waals surface area (Å²) in [5.41, 5.74) is 1.89. The van der Waals surface area contributed by atoms with Crippen molar-refractivity contribution in [1.82, 2.24) is 9.97 Å². The van der Waals surface area contributed by atoms with E-state index < -0.39 is 0 Å². The van der Waals surface area contributed by atoms with Crippen LogP contribution in [0.2, 0.25) is 10.2 Å². The molecule has 15 heavy (non-hydrogen) atoms. The summed E-state index contributed by atoms with van der Waals surface area (Å²) in [4.78, 5) is 8.14. The molecule has 0 amide bonds. The molecule has 0 aliphatic carbocycles. The molecule has 2 aromatic rings. The normalized spacial score (nSPS) is 10.3. The maximum atomic E-state index is 5.91. The van der Waals surface area contributed by atoms with Gasteiger partial charge in [0.2, 0.25) is 0 Å². The fraction of sp³-hybridized carbons (Fsp3) is 0.0909. The van der Waals surface area contributed by atoms with Gasteiger partial charge in [-0.1, -0.05) is 35.3 Å². The van der Waals surface area contributed by atoms with E-state index in [-0.39, 0.29) is 0 Å². The molecule has 0 fully saturated rings. The van der Waals surface area contributed by atoms with Crippen molar-refractivity contribution < 1.29 is 0 Å². The Morgan fingerprint density at radius 2 is 1.60 bits per heavy atom. The lowest BCUT2D eigenvalue weighted by Crippen LogP contribution is -1.94. The number of halogens is 2. The molecule has 0 N–H and O–H groups in total. The van der Waals surface area contributed by atoms with Gasteiger partial charge in [-0.2, -0.15) is 0 Å². The molecule has 0 bridgehead atoms. The quantitative estimate of drug-likeness (QED) is 0.802. The lowest BCUT2D eigenvalue weighted by molar-refractivity contribution is 1.03. The number of rotatable bonds is 2. The Morgan fingerprint density at radius 3 is 2.27 bits per heavy atom. The van der Waals surface area contributed by atoms with Crippen molar-refractivity contribution in [3.05, 3.63) is 58.1 Å². The summed E-state index contributed by atoms with van der Waals surface area (Å²) in [6, 6.07) is 7.60. The van der Waals surface area contributed by atoms with Gasteiger partial charge in [-0.3, -0.25) is 4.98 Å².